The van der Waals surface area contributed by atoms with Crippen molar-refractivity contribution in [3.05, 3.63) is 46.7 Å². The second-order valence-corrected chi connectivity index (χ2v) is 5.50. The SMILES string of the molecule is Clc1cccc(OCCc2cc(C3CCNC3)n[nH]2)c1. The summed E-state index contributed by atoms with van der Waals surface area (Å²) < 4.78 is 5.68. The molecule has 2 heterocycles. The second-order valence-electron chi connectivity index (χ2n) is 5.06. The third-order valence-electron chi connectivity index (χ3n) is 3.57. The smallest absolute Gasteiger partial charge is 0.120 e. The molecule has 1 aromatic heterocycles. The summed E-state index contributed by atoms with van der Waals surface area (Å²) in [7, 11) is 0. The van der Waals surface area contributed by atoms with Gasteiger partial charge in [-0.05, 0) is 37.2 Å². The van der Waals surface area contributed by atoms with Crippen LogP contribution in [0.5, 0.6) is 5.75 Å². The molecule has 20 heavy (non-hydrogen) atoms. The first kappa shape index (κ1) is 13.5. The average molecular weight is 292 g/mol. The van der Waals surface area contributed by atoms with Crippen LogP contribution >= 0.6 is 11.6 Å². The number of nitrogens with one attached hydrogen (secondary N) is 2. The van der Waals surface area contributed by atoms with Crippen LogP contribution in [0, 0.1) is 0 Å². The van der Waals surface area contributed by atoms with Crippen LogP contribution in [-0.2, 0) is 6.42 Å². The minimum Gasteiger partial charge on any atom is -0.493 e. The number of benzene rings is 1. The highest BCUT2D eigenvalue weighted by atomic mass is 35.5. The minimum absolute atomic E-state index is 0.550. The van der Waals surface area contributed by atoms with Gasteiger partial charge in [0.25, 0.3) is 0 Å². The van der Waals surface area contributed by atoms with Gasteiger partial charge in [-0.2, -0.15) is 5.10 Å². The maximum atomic E-state index is 5.91. The van der Waals surface area contributed by atoms with Crippen LogP contribution in [0.25, 0.3) is 0 Å². The van der Waals surface area contributed by atoms with E-state index < -0.39 is 0 Å². The maximum Gasteiger partial charge on any atom is 0.120 e. The van der Waals surface area contributed by atoms with Gasteiger partial charge in [-0.1, -0.05) is 17.7 Å². The van der Waals surface area contributed by atoms with Crippen molar-refractivity contribution in [1.82, 2.24) is 15.5 Å². The summed E-state index contributed by atoms with van der Waals surface area (Å²) in [4.78, 5) is 0. The van der Waals surface area contributed by atoms with Crippen molar-refractivity contribution < 1.29 is 4.74 Å². The molecule has 1 aromatic carbocycles. The Labute approximate surface area is 123 Å². The van der Waals surface area contributed by atoms with Gasteiger partial charge in [0.2, 0.25) is 0 Å². The van der Waals surface area contributed by atoms with E-state index in [9.17, 15) is 0 Å². The quantitative estimate of drug-likeness (QED) is 0.890. The van der Waals surface area contributed by atoms with Crippen molar-refractivity contribution in [1.29, 1.82) is 0 Å². The van der Waals surface area contributed by atoms with E-state index in [2.05, 4.69) is 21.6 Å². The van der Waals surface area contributed by atoms with Gasteiger partial charge >= 0.3 is 0 Å². The van der Waals surface area contributed by atoms with Crippen LogP contribution < -0.4 is 10.1 Å². The van der Waals surface area contributed by atoms with Crippen molar-refractivity contribution >= 4 is 11.6 Å². The van der Waals surface area contributed by atoms with E-state index >= 15 is 0 Å². The van der Waals surface area contributed by atoms with E-state index in [1.54, 1.807) is 0 Å². The molecule has 0 aliphatic carbocycles. The molecular formula is C15H18ClN3O. The number of ether oxygens (including phenoxy) is 1. The number of aromatic nitrogens is 2. The summed E-state index contributed by atoms with van der Waals surface area (Å²) in [5.41, 5.74) is 2.28. The highest BCUT2D eigenvalue weighted by Crippen LogP contribution is 2.21. The van der Waals surface area contributed by atoms with Gasteiger partial charge in [0.15, 0.2) is 0 Å². The lowest BCUT2D eigenvalue weighted by Gasteiger charge is -2.05. The molecule has 5 heteroatoms. The summed E-state index contributed by atoms with van der Waals surface area (Å²) in [6, 6.07) is 9.61. The van der Waals surface area contributed by atoms with Gasteiger partial charge in [0.1, 0.15) is 5.75 Å². The van der Waals surface area contributed by atoms with E-state index in [4.69, 9.17) is 16.3 Å². The zero-order valence-corrected chi connectivity index (χ0v) is 12.0. The van der Waals surface area contributed by atoms with Crippen LogP contribution in [0.2, 0.25) is 5.02 Å². The zero-order valence-electron chi connectivity index (χ0n) is 11.2. The Hall–Kier alpha value is -1.52. The Morgan fingerprint density at radius 1 is 1.35 bits per heavy atom. The Morgan fingerprint density at radius 3 is 3.10 bits per heavy atom. The number of nitrogens with zero attached hydrogens (tertiary/aromatic N) is 1. The molecule has 106 valence electrons. The van der Waals surface area contributed by atoms with E-state index in [1.165, 1.54) is 6.42 Å². The standard InChI is InChI=1S/C15H18ClN3O/c16-12-2-1-3-14(8-12)20-7-5-13-9-15(19-18-13)11-4-6-17-10-11/h1-3,8-9,11,17H,4-7,10H2,(H,18,19). The third kappa shape index (κ3) is 3.32. The lowest BCUT2D eigenvalue weighted by molar-refractivity contribution is 0.320. The van der Waals surface area contributed by atoms with Crippen molar-refractivity contribution in [2.24, 2.45) is 0 Å². The van der Waals surface area contributed by atoms with Crippen LogP contribution in [0.15, 0.2) is 30.3 Å². The van der Waals surface area contributed by atoms with Crippen molar-refractivity contribution in [3.8, 4) is 5.75 Å². The van der Waals surface area contributed by atoms with Crippen LogP contribution in [0.3, 0.4) is 0 Å². The first-order valence-electron chi connectivity index (χ1n) is 6.94. The Balaban J connectivity index is 1.51. The predicted octanol–water partition coefficient (Wildman–Crippen LogP) is 2.76. The third-order valence-corrected chi connectivity index (χ3v) is 3.80. The summed E-state index contributed by atoms with van der Waals surface area (Å²) in [5, 5.41) is 11.5. The van der Waals surface area contributed by atoms with Crippen molar-refractivity contribution in [3.63, 3.8) is 0 Å². The van der Waals surface area contributed by atoms with Crippen molar-refractivity contribution in [2.75, 3.05) is 19.7 Å². The molecule has 0 spiro atoms. The Morgan fingerprint density at radius 2 is 2.30 bits per heavy atom. The highest BCUT2D eigenvalue weighted by molar-refractivity contribution is 6.30. The Bertz CT molecular complexity index is 564. The first-order valence-corrected chi connectivity index (χ1v) is 7.32. The normalized spacial score (nSPS) is 18.4. The van der Waals surface area contributed by atoms with Gasteiger partial charge < -0.3 is 10.1 Å². The lowest BCUT2D eigenvalue weighted by Crippen LogP contribution is -2.08. The van der Waals surface area contributed by atoms with E-state index in [1.807, 2.05) is 24.3 Å². The fraction of sp³-hybridized carbons (Fsp3) is 0.400. The van der Waals surface area contributed by atoms with Crippen LogP contribution in [0.4, 0.5) is 0 Å². The molecule has 1 aliphatic heterocycles. The van der Waals surface area contributed by atoms with Gasteiger partial charge in [0.05, 0.1) is 12.3 Å². The second kappa shape index (κ2) is 6.29. The van der Waals surface area contributed by atoms with Gasteiger partial charge in [-0.15, -0.1) is 0 Å². The summed E-state index contributed by atoms with van der Waals surface area (Å²) in [5.74, 6) is 1.35. The topological polar surface area (TPSA) is 49.9 Å². The lowest BCUT2D eigenvalue weighted by atomic mass is 10.0. The number of hydrogen-bond acceptors (Lipinski definition) is 3. The molecule has 1 aliphatic rings. The predicted molar refractivity (Wildman–Crippen MR) is 79.5 cm³/mol. The largest absolute Gasteiger partial charge is 0.493 e. The molecule has 1 unspecified atom stereocenters. The van der Waals surface area contributed by atoms with E-state index in [-0.39, 0.29) is 0 Å². The number of aromatic amines is 1. The molecule has 0 amide bonds. The molecule has 0 radical (unpaired) electrons. The molecule has 1 atom stereocenters. The Kier molecular flexibility index (Phi) is 4.23. The zero-order chi connectivity index (χ0) is 13.8. The molecule has 3 rings (SSSR count). The monoisotopic (exact) mass is 291 g/mol. The average Bonchev–Trinajstić information content (AvgIpc) is 3.09. The number of hydrogen-bond donors (Lipinski definition) is 2. The fourth-order valence-corrected chi connectivity index (χ4v) is 2.64. The molecule has 1 fully saturated rings. The van der Waals surface area contributed by atoms with Crippen molar-refractivity contribution in [2.45, 2.75) is 18.8 Å². The minimum atomic E-state index is 0.550. The first-order chi connectivity index (χ1) is 9.81. The number of rotatable bonds is 5. The number of halogens is 1. The fourth-order valence-electron chi connectivity index (χ4n) is 2.46. The molecule has 0 bridgehead atoms. The molecule has 4 nitrogen and oxygen atoms in total. The van der Waals surface area contributed by atoms with Gasteiger partial charge in [0, 0.05) is 29.6 Å². The van der Waals surface area contributed by atoms with Crippen LogP contribution in [-0.4, -0.2) is 29.9 Å². The van der Waals surface area contributed by atoms with Gasteiger partial charge in [-0.3, -0.25) is 5.10 Å². The van der Waals surface area contributed by atoms with E-state index in [0.29, 0.717) is 17.5 Å². The van der Waals surface area contributed by atoms with Gasteiger partial charge in [-0.25, -0.2) is 0 Å². The summed E-state index contributed by atoms with van der Waals surface area (Å²) in [6.07, 6.45) is 1.99. The number of H-pyrrole nitrogens is 1. The molecule has 2 aromatic rings. The summed E-state index contributed by atoms with van der Waals surface area (Å²) in [6.45, 7) is 2.74. The highest BCUT2D eigenvalue weighted by Gasteiger charge is 2.19. The molecule has 0 saturated carbocycles. The van der Waals surface area contributed by atoms with Crippen LogP contribution in [0.1, 0.15) is 23.7 Å². The molecule has 1 saturated heterocycles. The molecule has 2 N–H and O–H groups in total. The van der Waals surface area contributed by atoms with E-state index in [0.717, 1.165) is 36.6 Å². The maximum absolute atomic E-state index is 5.91. The molecular weight excluding hydrogens is 274 g/mol. The summed E-state index contributed by atoms with van der Waals surface area (Å²) >= 11 is 5.91.